The van der Waals surface area contributed by atoms with Crippen LogP contribution in [0.25, 0.3) is 0 Å². The smallest absolute Gasteiger partial charge is 0.387 e. The Balaban J connectivity index is 1.95. The lowest BCUT2D eigenvalue weighted by Gasteiger charge is -2.09. The second-order valence-electron chi connectivity index (χ2n) is 4.34. The molecule has 0 bridgehead atoms. The summed E-state index contributed by atoms with van der Waals surface area (Å²) in [5.41, 5.74) is 2.97. The van der Waals surface area contributed by atoms with Crippen molar-refractivity contribution in [3.05, 3.63) is 46.2 Å². The highest BCUT2D eigenvalue weighted by Gasteiger charge is 2.10. The molecule has 5 nitrogen and oxygen atoms in total. The average molecular weight is 340 g/mol. The number of halogens is 2. The molecule has 0 saturated heterocycles. The van der Waals surface area contributed by atoms with Crippen molar-refractivity contribution >= 4 is 23.5 Å². The highest BCUT2D eigenvalue weighted by Crippen LogP contribution is 2.28. The number of alkyl halides is 2. The Morgan fingerprint density at radius 2 is 2.22 bits per heavy atom. The van der Waals surface area contributed by atoms with Crippen LogP contribution >= 0.6 is 11.3 Å². The van der Waals surface area contributed by atoms with E-state index in [2.05, 4.69) is 15.3 Å². The van der Waals surface area contributed by atoms with Crippen LogP contribution in [0.3, 0.4) is 0 Å². The Hall–Kier alpha value is -2.48. The van der Waals surface area contributed by atoms with Gasteiger partial charge in [0.2, 0.25) is 5.91 Å². The van der Waals surface area contributed by atoms with Crippen molar-refractivity contribution in [2.75, 3.05) is 7.11 Å². The summed E-state index contributed by atoms with van der Waals surface area (Å²) in [7, 11) is 1.34. The molecule has 2 aromatic rings. The Morgan fingerprint density at radius 1 is 1.39 bits per heavy atom. The number of hydrogen-bond acceptors (Lipinski definition) is 5. The molecule has 0 aliphatic carbocycles. The monoisotopic (exact) mass is 340 g/mol. The summed E-state index contributed by atoms with van der Waals surface area (Å²) in [6.07, 6.45) is 1.64. The predicted octanol–water partition coefficient (Wildman–Crippen LogP) is 3.05. The maximum atomic E-state index is 12.2. The van der Waals surface area contributed by atoms with Crippen molar-refractivity contribution in [1.29, 1.82) is 0 Å². The largest absolute Gasteiger partial charge is 0.493 e. The molecule has 1 aromatic carbocycles. The van der Waals surface area contributed by atoms with Gasteiger partial charge in [0.05, 0.1) is 19.7 Å². The van der Waals surface area contributed by atoms with E-state index in [4.69, 9.17) is 4.74 Å². The molecule has 0 atom stereocenters. The zero-order chi connectivity index (χ0) is 16.7. The molecule has 8 heteroatoms. The highest BCUT2D eigenvalue weighted by atomic mass is 32.1. The van der Waals surface area contributed by atoms with E-state index in [9.17, 15) is 13.6 Å². The Bertz CT molecular complexity index is 675. The summed E-state index contributed by atoms with van der Waals surface area (Å²) in [6.45, 7) is -2.93. The number of carbonyl (C=O) groups is 1. The second-order valence-corrected chi connectivity index (χ2v) is 5.37. The van der Waals surface area contributed by atoms with Gasteiger partial charge in [0.15, 0.2) is 11.5 Å². The van der Waals surface area contributed by atoms with E-state index >= 15 is 0 Å². The number of rotatable bonds is 7. The predicted molar refractivity (Wildman–Crippen MR) is 83.4 cm³/mol. The van der Waals surface area contributed by atoms with Gasteiger partial charge in [-0.25, -0.2) is 5.43 Å². The molecular formula is C15H14F2N2O3S. The van der Waals surface area contributed by atoms with Crippen molar-refractivity contribution in [3.63, 3.8) is 0 Å². The van der Waals surface area contributed by atoms with Crippen LogP contribution in [-0.2, 0) is 11.2 Å². The normalized spacial score (nSPS) is 11.0. The van der Waals surface area contributed by atoms with Gasteiger partial charge in [-0.15, -0.1) is 11.3 Å². The van der Waals surface area contributed by atoms with Crippen molar-refractivity contribution in [2.24, 2.45) is 5.10 Å². The molecule has 0 aliphatic rings. The molecule has 23 heavy (non-hydrogen) atoms. The molecule has 1 heterocycles. The fourth-order valence-electron chi connectivity index (χ4n) is 1.75. The topological polar surface area (TPSA) is 59.9 Å². The lowest BCUT2D eigenvalue weighted by molar-refractivity contribution is -0.120. The van der Waals surface area contributed by atoms with E-state index in [0.717, 1.165) is 4.88 Å². The van der Waals surface area contributed by atoms with Crippen LogP contribution in [0.15, 0.2) is 40.8 Å². The first-order chi connectivity index (χ1) is 11.1. The molecule has 0 spiro atoms. The number of amides is 1. The quantitative estimate of drug-likeness (QED) is 0.622. The fraction of sp³-hybridized carbons (Fsp3) is 0.200. The summed E-state index contributed by atoms with van der Waals surface area (Å²) >= 11 is 1.49. The molecule has 0 radical (unpaired) electrons. The number of hydrazone groups is 1. The van der Waals surface area contributed by atoms with Gasteiger partial charge in [-0.3, -0.25) is 4.79 Å². The van der Waals surface area contributed by atoms with Crippen LogP contribution in [0.4, 0.5) is 8.78 Å². The van der Waals surface area contributed by atoms with E-state index in [1.54, 1.807) is 0 Å². The fourth-order valence-corrected chi connectivity index (χ4v) is 2.45. The Kier molecular flexibility index (Phi) is 6.04. The van der Waals surface area contributed by atoms with E-state index < -0.39 is 6.61 Å². The first-order valence-electron chi connectivity index (χ1n) is 6.55. The molecule has 0 saturated carbocycles. The molecule has 1 aromatic heterocycles. The zero-order valence-electron chi connectivity index (χ0n) is 12.2. The summed E-state index contributed by atoms with van der Waals surface area (Å²) in [6, 6.07) is 8.08. The number of carbonyl (C=O) groups excluding carboxylic acids is 1. The van der Waals surface area contributed by atoms with Crippen molar-refractivity contribution in [3.8, 4) is 11.5 Å². The average Bonchev–Trinajstić information content (AvgIpc) is 3.01. The third kappa shape index (κ3) is 5.33. The number of benzene rings is 1. The molecular weight excluding hydrogens is 326 g/mol. The second kappa shape index (κ2) is 8.23. The first kappa shape index (κ1) is 16.9. The van der Waals surface area contributed by atoms with Crippen LogP contribution < -0.4 is 14.9 Å². The highest BCUT2D eigenvalue weighted by molar-refractivity contribution is 7.10. The van der Waals surface area contributed by atoms with Gasteiger partial charge in [-0.05, 0) is 35.2 Å². The first-order valence-corrected chi connectivity index (χ1v) is 7.43. The third-order valence-electron chi connectivity index (χ3n) is 2.72. The molecule has 1 amide bonds. The van der Waals surface area contributed by atoms with E-state index in [0.29, 0.717) is 5.56 Å². The van der Waals surface area contributed by atoms with Gasteiger partial charge in [0.1, 0.15) is 0 Å². The van der Waals surface area contributed by atoms with Gasteiger partial charge >= 0.3 is 6.61 Å². The third-order valence-corrected chi connectivity index (χ3v) is 3.60. The standard InChI is InChI=1S/C15H14F2N2O3S/c1-21-13-7-10(4-5-12(13)22-15(16)17)9-18-19-14(20)8-11-3-2-6-23-11/h2-7,9,15H,8H2,1H3,(H,19,20)/b18-9+. The molecule has 2 rings (SSSR count). The van der Waals surface area contributed by atoms with Crippen LogP contribution in [0, 0.1) is 0 Å². The summed E-state index contributed by atoms with van der Waals surface area (Å²) < 4.78 is 33.8. The number of nitrogens with zero attached hydrogens (tertiary/aromatic N) is 1. The molecule has 0 unspecified atom stereocenters. The van der Waals surface area contributed by atoms with Gasteiger partial charge in [0.25, 0.3) is 0 Å². The van der Waals surface area contributed by atoms with Crippen molar-refractivity contribution in [2.45, 2.75) is 13.0 Å². The molecule has 122 valence electrons. The number of methoxy groups -OCH3 is 1. The maximum Gasteiger partial charge on any atom is 0.387 e. The van der Waals surface area contributed by atoms with Crippen LogP contribution in [-0.4, -0.2) is 25.8 Å². The molecule has 1 N–H and O–H groups in total. The van der Waals surface area contributed by atoms with E-state index in [1.165, 1.54) is 42.9 Å². The van der Waals surface area contributed by atoms with E-state index in [1.807, 2.05) is 17.5 Å². The number of nitrogens with one attached hydrogen (secondary N) is 1. The summed E-state index contributed by atoms with van der Waals surface area (Å²) in [5.74, 6) is -0.158. The Morgan fingerprint density at radius 3 is 2.87 bits per heavy atom. The summed E-state index contributed by atoms with van der Waals surface area (Å²) in [4.78, 5) is 12.6. The van der Waals surface area contributed by atoms with Gasteiger partial charge in [0, 0.05) is 4.88 Å². The number of thiophene rings is 1. The Labute approximate surface area is 135 Å². The van der Waals surface area contributed by atoms with Crippen LogP contribution in [0.5, 0.6) is 11.5 Å². The summed E-state index contributed by atoms with van der Waals surface area (Å²) in [5, 5.41) is 5.71. The SMILES string of the molecule is COc1cc(/C=N/NC(=O)Cc2cccs2)ccc1OC(F)F. The zero-order valence-corrected chi connectivity index (χ0v) is 13.0. The van der Waals surface area contributed by atoms with Gasteiger partial charge in [-0.1, -0.05) is 6.07 Å². The minimum absolute atomic E-state index is 0.0682. The van der Waals surface area contributed by atoms with Gasteiger partial charge in [-0.2, -0.15) is 13.9 Å². The van der Waals surface area contributed by atoms with Crippen LogP contribution in [0.1, 0.15) is 10.4 Å². The molecule has 0 fully saturated rings. The van der Waals surface area contributed by atoms with Crippen molar-refractivity contribution < 1.29 is 23.0 Å². The number of ether oxygens (including phenoxy) is 2. The van der Waals surface area contributed by atoms with E-state index in [-0.39, 0.29) is 23.8 Å². The maximum absolute atomic E-state index is 12.2. The van der Waals surface area contributed by atoms with Crippen LogP contribution in [0.2, 0.25) is 0 Å². The van der Waals surface area contributed by atoms with Crippen molar-refractivity contribution in [1.82, 2.24) is 5.43 Å². The van der Waals surface area contributed by atoms with Gasteiger partial charge < -0.3 is 9.47 Å². The molecule has 0 aliphatic heterocycles. The number of hydrogen-bond donors (Lipinski definition) is 1. The lowest BCUT2D eigenvalue weighted by Crippen LogP contribution is -2.19. The minimum Gasteiger partial charge on any atom is -0.493 e. The lowest BCUT2D eigenvalue weighted by atomic mass is 10.2. The minimum atomic E-state index is -2.93.